The second-order valence-corrected chi connectivity index (χ2v) is 7.65. The summed E-state index contributed by atoms with van der Waals surface area (Å²) < 4.78 is 26.9. The van der Waals surface area contributed by atoms with Crippen molar-refractivity contribution >= 4 is 27.5 Å². The van der Waals surface area contributed by atoms with Crippen molar-refractivity contribution in [3.05, 3.63) is 28.8 Å². The third kappa shape index (κ3) is 3.39. The Bertz CT molecular complexity index is 646. The predicted octanol–water partition coefficient (Wildman–Crippen LogP) is 2.12. The zero-order valence-electron chi connectivity index (χ0n) is 12.1. The van der Waals surface area contributed by atoms with Gasteiger partial charge in [-0.15, -0.1) is 0 Å². The highest BCUT2D eigenvalue weighted by Gasteiger charge is 2.30. The van der Waals surface area contributed by atoms with Crippen molar-refractivity contribution in [3.8, 4) is 0 Å². The zero-order chi connectivity index (χ0) is 15.6. The predicted molar refractivity (Wildman–Crippen MR) is 82.0 cm³/mol. The molecule has 1 N–H and O–H groups in total. The van der Waals surface area contributed by atoms with E-state index >= 15 is 0 Å². The Morgan fingerprint density at radius 2 is 2.14 bits per heavy atom. The van der Waals surface area contributed by atoms with E-state index in [1.54, 1.807) is 0 Å². The molecule has 1 atom stereocenters. The summed E-state index contributed by atoms with van der Waals surface area (Å²) in [6.07, 6.45) is 1.87. The highest BCUT2D eigenvalue weighted by molar-refractivity contribution is 7.89. The van der Waals surface area contributed by atoms with E-state index in [2.05, 4.69) is 5.32 Å². The summed E-state index contributed by atoms with van der Waals surface area (Å²) in [7, 11) is -2.17. The molecule has 1 saturated heterocycles. The largest absolute Gasteiger partial charge is 0.355 e. The van der Waals surface area contributed by atoms with Crippen LogP contribution < -0.4 is 5.32 Å². The van der Waals surface area contributed by atoms with Gasteiger partial charge in [0.25, 0.3) is 5.91 Å². The van der Waals surface area contributed by atoms with Crippen molar-refractivity contribution in [3.63, 3.8) is 0 Å². The molecule has 1 fully saturated rings. The molecule has 0 spiro atoms. The summed E-state index contributed by atoms with van der Waals surface area (Å²) >= 11 is 6.05. The monoisotopic (exact) mass is 330 g/mol. The third-order valence-electron chi connectivity index (χ3n) is 3.66. The summed E-state index contributed by atoms with van der Waals surface area (Å²) in [5.74, 6) is -0.00967. The molecule has 0 radical (unpaired) electrons. The normalized spacial score (nSPS) is 20.2. The lowest BCUT2D eigenvalue weighted by molar-refractivity contribution is 0.0963. The number of benzene rings is 1. The van der Waals surface area contributed by atoms with Crippen LogP contribution in [0.4, 0.5) is 0 Å². The average molecular weight is 331 g/mol. The maximum atomic E-state index is 12.7. The maximum absolute atomic E-state index is 12.7. The first-order valence-electron chi connectivity index (χ1n) is 6.88. The Hall–Kier alpha value is -1.11. The van der Waals surface area contributed by atoms with Crippen LogP contribution in [0.5, 0.6) is 0 Å². The standard InChI is InChI=1S/C14H19ClN2O3S/c1-10-4-3-7-17(9-10)21(19,20)13-8-11(14(18)16-2)5-6-12(13)15/h5-6,8,10H,3-4,7,9H2,1-2H3,(H,16,18). The Balaban J connectivity index is 2.41. The number of carbonyl (C=O) groups is 1. The zero-order valence-corrected chi connectivity index (χ0v) is 13.7. The summed E-state index contributed by atoms with van der Waals surface area (Å²) in [4.78, 5) is 11.7. The summed E-state index contributed by atoms with van der Waals surface area (Å²) in [6.45, 7) is 3.01. The van der Waals surface area contributed by atoms with Crippen LogP contribution in [0.2, 0.25) is 5.02 Å². The fourth-order valence-electron chi connectivity index (χ4n) is 2.49. The fourth-order valence-corrected chi connectivity index (χ4v) is 4.59. The minimum absolute atomic E-state index is 0.000586. The van der Waals surface area contributed by atoms with Gasteiger partial charge in [0.2, 0.25) is 10.0 Å². The Morgan fingerprint density at radius 3 is 2.76 bits per heavy atom. The molecular formula is C14H19ClN2O3S. The van der Waals surface area contributed by atoms with E-state index in [9.17, 15) is 13.2 Å². The molecule has 7 heteroatoms. The van der Waals surface area contributed by atoms with Crippen molar-refractivity contribution < 1.29 is 13.2 Å². The molecule has 1 aromatic carbocycles. The number of piperidine rings is 1. The van der Waals surface area contributed by atoms with E-state index in [0.29, 0.717) is 19.0 Å². The topological polar surface area (TPSA) is 66.5 Å². The molecule has 0 saturated carbocycles. The fraction of sp³-hybridized carbons (Fsp3) is 0.500. The molecule has 1 unspecified atom stereocenters. The van der Waals surface area contributed by atoms with Gasteiger partial charge in [0.15, 0.2) is 0 Å². The molecule has 1 aliphatic heterocycles. The van der Waals surface area contributed by atoms with Crippen LogP contribution >= 0.6 is 11.6 Å². The molecule has 0 bridgehead atoms. The second-order valence-electron chi connectivity index (χ2n) is 5.33. The molecule has 0 aromatic heterocycles. The van der Waals surface area contributed by atoms with Crippen molar-refractivity contribution in [2.45, 2.75) is 24.7 Å². The number of nitrogens with one attached hydrogen (secondary N) is 1. The molecule has 21 heavy (non-hydrogen) atoms. The summed E-state index contributed by atoms with van der Waals surface area (Å²) in [5, 5.41) is 2.62. The molecule has 2 rings (SSSR count). The van der Waals surface area contributed by atoms with Gasteiger partial charge in [0.05, 0.1) is 5.02 Å². The Labute approximate surface area is 130 Å². The van der Waals surface area contributed by atoms with Gasteiger partial charge in [-0.3, -0.25) is 4.79 Å². The van der Waals surface area contributed by atoms with Gasteiger partial charge in [-0.1, -0.05) is 18.5 Å². The van der Waals surface area contributed by atoms with Crippen molar-refractivity contribution in [1.29, 1.82) is 0 Å². The molecule has 0 aliphatic carbocycles. The number of halogens is 1. The molecular weight excluding hydrogens is 312 g/mol. The number of nitrogens with zero attached hydrogens (tertiary/aromatic N) is 1. The molecule has 116 valence electrons. The lowest BCUT2D eigenvalue weighted by Crippen LogP contribution is -2.39. The van der Waals surface area contributed by atoms with Gasteiger partial charge in [-0.2, -0.15) is 4.31 Å². The second kappa shape index (κ2) is 6.34. The Kier molecular flexibility index (Phi) is 4.91. The number of amides is 1. The maximum Gasteiger partial charge on any atom is 0.251 e. The van der Waals surface area contributed by atoms with E-state index in [0.717, 1.165) is 12.8 Å². The van der Waals surface area contributed by atoms with Gasteiger partial charge in [0.1, 0.15) is 4.90 Å². The number of rotatable bonds is 3. The van der Waals surface area contributed by atoms with Gasteiger partial charge in [0, 0.05) is 25.7 Å². The minimum atomic E-state index is -3.67. The first kappa shape index (κ1) is 16.3. The van der Waals surface area contributed by atoms with Crippen LogP contribution in [0.15, 0.2) is 23.1 Å². The van der Waals surface area contributed by atoms with Crippen LogP contribution in [-0.2, 0) is 10.0 Å². The van der Waals surface area contributed by atoms with Gasteiger partial charge < -0.3 is 5.32 Å². The number of hydrogen-bond donors (Lipinski definition) is 1. The van der Waals surface area contributed by atoms with E-state index < -0.39 is 10.0 Å². The van der Waals surface area contributed by atoms with Crippen molar-refractivity contribution in [2.24, 2.45) is 5.92 Å². The van der Waals surface area contributed by atoms with Gasteiger partial charge in [-0.05, 0) is 37.0 Å². The SMILES string of the molecule is CNC(=O)c1ccc(Cl)c(S(=O)(=O)N2CCCC(C)C2)c1. The number of hydrogen-bond acceptors (Lipinski definition) is 3. The number of carbonyl (C=O) groups excluding carboxylic acids is 1. The average Bonchev–Trinajstić information content (AvgIpc) is 2.46. The smallest absolute Gasteiger partial charge is 0.251 e. The van der Waals surface area contributed by atoms with Crippen molar-refractivity contribution in [2.75, 3.05) is 20.1 Å². The molecule has 5 nitrogen and oxygen atoms in total. The third-order valence-corrected chi connectivity index (χ3v) is 6.00. The summed E-state index contributed by atoms with van der Waals surface area (Å²) in [5.41, 5.74) is 0.283. The van der Waals surface area contributed by atoms with Gasteiger partial charge in [-0.25, -0.2) is 8.42 Å². The van der Waals surface area contributed by atoms with E-state index in [1.807, 2.05) is 6.92 Å². The van der Waals surface area contributed by atoms with Crippen LogP contribution in [0.25, 0.3) is 0 Å². The molecule has 1 aliphatic rings. The van der Waals surface area contributed by atoms with Crippen LogP contribution in [-0.4, -0.2) is 38.8 Å². The van der Waals surface area contributed by atoms with Crippen LogP contribution in [0.3, 0.4) is 0 Å². The quantitative estimate of drug-likeness (QED) is 0.923. The molecule has 1 amide bonds. The van der Waals surface area contributed by atoms with Crippen LogP contribution in [0.1, 0.15) is 30.1 Å². The first-order chi connectivity index (χ1) is 9.86. The first-order valence-corrected chi connectivity index (χ1v) is 8.70. The highest BCUT2D eigenvalue weighted by atomic mass is 35.5. The van der Waals surface area contributed by atoms with E-state index in [1.165, 1.54) is 29.6 Å². The highest BCUT2D eigenvalue weighted by Crippen LogP contribution is 2.29. The Morgan fingerprint density at radius 1 is 1.43 bits per heavy atom. The molecule has 1 aromatic rings. The lowest BCUT2D eigenvalue weighted by Gasteiger charge is -2.30. The lowest BCUT2D eigenvalue weighted by atomic mass is 10.0. The van der Waals surface area contributed by atoms with E-state index in [-0.39, 0.29) is 21.4 Å². The van der Waals surface area contributed by atoms with Gasteiger partial charge >= 0.3 is 0 Å². The summed E-state index contributed by atoms with van der Waals surface area (Å²) in [6, 6.07) is 4.31. The van der Waals surface area contributed by atoms with E-state index in [4.69, 9.17) is 11.6 Å². The number of sulfonamides is 1. The minimum Gasteiger partial charge on any atom is -0.355 e. The van der Waals surface area contributed by atoms with Crippen LogP contribution in [0, 0.1) is 5.92 Å². The van der Waals surface area contributed by atoms with Crippen molar-refractivity contribution in [1.82, 2.24) is 9.62 Å². The molecule has 1 heterocycles.